The van der Waals surface area contributed by atoms with Crippen molar-refractivity contribution in [1.82, 2.24) is 0 Å². The second-order valence-electron chi connectivity index (χ2n) is 5.16. The van der Waals surface area contributed by atoms with Gasteiger partial charge in [0.25, 0.3) is 0 Å². The fourth-order valence-corrected chi connectivity index (χ4v) is 2.50. The van der Waals surface area contributed by atoms with Crippen LogP contribution in [0.2, 0.25) is 0 Å². The molecule has 4 heteroatoms. The van der Waals surface area contributed by atoms with Crippen LogP contribution in [0.15, 0.2) is 18.2 Å². The van der Waals surface area contributed by atoms with E-state index in [0.717, 1.165) is 37.5 Å². The van der Waals surface area contributed by atoms with Gasteiger partial charge in [0, 0.05) is 0 Å². The van der Waals surface area contributed by atoms with Gasteiger partial charge in [-0.1, -0.05) is 19.8 Å². The molecule has 1 aliphatic rings. The van der Waals surface area contributed by atoms with E-state index in [1.165, 1.54) is 6.42 Å². The zero-order valence-electron chi connectivity index (χ0n) is 11.0. The van der Waals surface area contributed by atoms with Crippen molar-refractivity contribution < 1.29 is 18.3 Å². The van der Waals surface area contributed by atoms with Crippen LogP contribution >= 0.6 is 0 Å². The molecule has 0 bridgehead atoms. The van der Waals surface area contributed by atoms with E-state index in [9.17, 15) is 13.6 Å². The Morgan fingerprint density at radius 2 is 2.05 bits per heavy atom. The zero-order chi connectivity index (χ0) is 13.8. The first-order valence-corrected chi connectivity index (χ1v) is 6.68. The summed E-state index contributed by atoms with van der Waals surface area (Å²) in [5.41, 5.74) is -0.233. The number of rotatable bonds is 4. The molecule has 0 heterocycles. The summed E-state index contributed by atoms with van der Waals surface area (Å²) < 4.78 is 32.0. The molecule has 0 radical (unpaired) electrons. The molecule has 2 nitrogen and oxygen atoms in total. The Kier molecular flexibility index (Phi) is 4.64. The van der Waals surface area contributed by atoms with Crippen LogP contribution in [0.25, 0.3) is 0 Å². The molecule has 0 aliphatic heterocycles. The summed E-state index contributed by atoms with van der Waals surface area (Å²) in [6.45, 7) is 1.91. The lowest BCUT2D eigenvalue weighted by molar-refractivity contribution is 0.000602. The summed E-state index contributed by atoms with van der Waals surface area (Å²) in [5, 5.41) is 0. The van der Waals surface area contributed by atoms with Crippen LogP contribution in [0.4, 0.5) is 8.78 Å². The predicted molar refractivity (Wildman–Crippen MR) is 68.1 cm³/mol. The van der Waals surface area contributed by atoms with Gasteiger partial charge in [-0.3, -0.25) is 4.79 Å². The van der Waals surface area contributed by atoms with E-state index in [1.54, 1.807) is 0 Å². The highest BCUT2D eigenvalue weighted by Crippen LogP contribution is 2.26. The summed E-state index contributed by atoms with van der Waals surface area (Å²) in [6.07, 6.45) is 4.35. The predicted octanol–water partition coefficient (Wildman–Crippen LogP) is 3.74. The molecular weight excluding hydrogens is 250 g/mol. The van der Waals surface area contributed by atoms with Gasteiger partial charge in [-0.05, 0) is 37.0 Å². The molecule has 0 spiro atoms. The molecule has 1 aliphatic carbocycles. The monoisotopic (exact) mass is 268 g/mol. The van der Waals surface area contributed by atoms with Gasteiger partial charge < -0.3 is 4.74 Å². The molecule has 2 unspecified atom stereocenters. The van der Waals surface area contributed by atoms with Crippen LogP contribution in [0.1, 0.15) is 43.0 Å². The summed E-state index contributed by atoms with van der Waals surface area (Å²) in [5.74, 6) is -1.41. The number of hydrogen-bond donors (Lipinski definition) is 0. The maximum atomic E-state index is 13.4. The molecule has 2 rings (SSSR count). The fourth-order valence-electron chi connectivity index (χ4n) is 2.50. The Hall–Kier alpha value is -1.29. The number of Topliss-reactive ketones (excluding diaryl/α,β-unsaturated/α-hetero) is 1. The van der Waals surface area contributed by atoms with Crippen LogP contribution in [0.3, 0.4) is 0 Å². The Balaban J connectivity index is 1.95. The topological polar surface area (TPSA) is 26.3 Å². The summed E-state index contributed by atoms with van der Waals surface area (Å²) in [7, 11) is 0. The molecule has 0 saturated heterocycles. The molecule has 1 saturated carbocycles. The number of ether oxygens (including phenoxy) is 1. The molecule has 0 N–H and O–H groups in total. The average molecular weight is 268 g/mol. The van der Waals surface area contributed by atoms with Crippen LogP contribution in [-0.2, 0) is 4.74 Å². The van der Waals surface area contributed by atoms with E-state index < -0.39 is 17.4 Å². The first-order chi connectivity index (χ1) is 9.08. The van der Waals surface area contributed by atoms with E-state index >= 15 is 0 Å². The van der Waals surface area contributed by atoms with E-state index in [0.29, 0.717) is 5.92 Å². The average Bonchev–Trinajstić information content (AvgIpc) is 2.40. The number of benzene rings is 1. The second-order valence-corrected chi connectivity index (χ2v) is 5.16. The number of carbonyl (C=O) groups excluding carboxylic acids is 1. The minimum Gasteiger partial charge on any atom is -0.370 e. The highest BCUT2D eigenvalue weighted by Gasteiger charge is 2.23. The lowest BCUT2D eigenvalue weighted by Gasteiger charge is -2.28. The van der Waals surface area contributed by atoms with E-state index in [2.05, 4.69) is 6.92 Å². The quantitative estimate of drug-likeness (QED) is 0.777. The van der Waals surface area contributed by atoms with Crippen molar-refractivity contribution in [3.8, 4) is 0 Å². The lowest BCUT2D eigenvalue weighted by atomic mass is 9.88. The van der Waals surface area contributed by atoms with Crippen molar-refractivity contribution in [3.05, 3.63) is 35.4 Å². The van der Waals surface area contributed by atoms with E-state index in [1.807, 2.05) is 0 Å². The molecule has 1 aromatic rings. The summed E-state index contributed by atoms with van der Waals surface area (Å²) in [6, 6.07) is 2.88. The smallest absolute Gasteiger partial charge is 0.191 e. The third-order valence-corrected chi connectivity index (χ3v) is 3.69. The number of carbonyl (C=O) groups is 1. The normalized spacial score (nSPS) is 23.3. The Bertz CT molecular complexity index is 459. The third-order valence-electron chi connectivity index (χ3n) is 3.69. The molecule has 0 amide bonds. The maximum absolute atomic E-state index is 13.4. The Morgan fingerprint density at radius 1 is 1.32 bits per heavy atom. The minimum absolute atomic E-state index is 0.0503. The van der Waals surface area contributed by atoms with Crippen molar-refractivity contribution in [3.63, 3.8) is 0 Å². The maximum Gasteiger partial charge on any atom is 0.191 e. The minimum atomic E-state index is -0.702. The third kappa shape index (κ3) is 3.60. The fraction of sp³-hybridized carbons (Fsp3) is 0.533. The standard InChI is InChI=1S/C15H18F2O2/c1-10-4-2-3-5-15(10)19-9-14(18)12-8-11(16)6-7-13(12)17/h6-8,10,15H,2-5,9H2,1H3. The molecule has 1 fully saturated rings. The molecule has 104 valence electrons. The lowest BCUT2D eigenvalue weighted by Crippen LogP contribution is -2.28. The number of hydrogen-bond acceptors (Lipinski definition) is 2. The van der Waals surface area contributed by atoms with E-state index in [-0.39, 0.29) is 18.3 Å². The number of halogens is 2. The van der Waals surface area contributed by atoms with Crippen molar-refractivity contribution in [2.45, 2.75) is 38.7 Å². The number of ketones is 1. The molecule has 2 atom stereocenters. The van der Waals surface area contributed by atoms with E-state index in [4.69, 9.17) is 4.74 Å². The largest absolute Gasteiger partial charge is 0.370 e. The summed E-state index contributed by atoms with van der Waals surface area (Å²) >= 11 is 0. The van der Waals surface area contributed by atoms with Crippen LogP contribution in [0, 0.1) is 17.6 Å². The van der Waals surface area contributed by atoms with Gasteiger partial charge in [-0.25, -0.2) is 8.78 Å². The van der Waals surface area contributed by atoms with Gasteiger partial charge in [0.1, 0.15) is 18.2 Å². The molecular formula is C15H18F2O2. The van der Waals surface area contributed by atoms with Crippen molar-refractivity contribution in [1.29, 1.82) is 0 Å². The van der Waals surface area contributed by atoms with Crippen LogP contribution in [0.5, 0.6) is 0 Å². The molecule has 19 heavy (non-hydrogen) atoms. The highest BCUT2D eigenvalue weighted by molar-refractivity contribution is 5.97. The first kappa shape index (κ1) is 14.1. The van der Waals surface area contributed by atoms with Gasteiger partial charge >= 0.3 is 0 Å². The van der Waals surface area contributed by atoms with Gasteiger partial charge in [-0.15, -0.1) is 0 Å². The van der Waals surface area contributed by atoms with Gasteiger partial charge in [0.05, 0.1) is 11.7 Å². The van der Waals surface area contributed by atoms with Gasteiger partial charge in [0.15, 0.2) is 5.78 Å². The molecule has 1 aromatic carbocycles. The SMILES string of the molecule is CC1CCCCC1OCC(=O)c1cc(F)ccc1F. The van der Waals surface area contributed by atoms with Gasteiger partial charge in [0.2, 0.25) is 0 Å². The van der Waals surface area contributed by atoms with Gasteiger partial charge in [-0.2, -0.15) is 0 Å². The van der Waals surface area contributed by atoms with Crippen molar-refractivity contribution in [2.24, 2.45) is 5.92 Å². The van der Waals surface area contributed by atoms with Crippen LogP contribution < -0.4 is 0 Å². The summed E-state index contributed by atoms with van der Waals surface area (Å²) in [4.78, 5) is 11.8. The molecule has 0 aromatic heterocycles. The Morgan fingerprint density at radius 3 is 2.79 bits per heavy atom. The second kappa shape index (κ2) is 6.24. The van der Waals surface area contributed by atoms with Crippen molar-refractivity contribution >= 4 is 5.78 Å². The highest BCUT2D eigenvalue weighted by atomic mass is 19.1. The first-order valence-electron chi connectivity index (χ1n) is 6.68. The Labute approximate surface area is 111 Å². The van der Waals surface area contributed by atoms with Crippen molar-refractivity contribution in [2.75, 3.05) is 6.61 Å². The zero-order valence-corrected chi connectivity index (χ0v) is 11.0. The van der Waals surface area contributed by atoms with Crippen LogP contribution in [-0.4, -0.2) is 18.5 Å².